The SMILES string of the molecule is CCCCCCCCCCCC(O)CCN(C)C.Cl. The third-order valence-corrected chi connectivity index (χ3v) is 3.55. The summed E-state index contributed by atoms with van der Waals surface area (Å²) in [6, 6.07) is 0. The van der Waals surface area contributed by atoms with E-state index in [1.165, 1.54) is 57.8 Å². The Bertz CT molecular complexity index is 165. The van der Waals surface area contributed by atoms with E-state index in [9.17, 15) is 5.11 Å². The van der Waals surface area contributed by atoms with Gasteiger partial charge in [0.2, 0.25) is 0 Å². The Kier molecular flexibility index (Phi) is 18.4. The van der Waals surface area contributed by atoms with Crippen molar-refractivity contribution in [2.24, 2.45) is 0 Å². The first kappa shape index (κ1) is 21.5. The molecule has 0 radical (unpaired) electrons. The van der Waals surface area contributed by atoms with Crippen LogP contribution >= 0.6 is 12.4 Å². The molecule has 0 aliphatic heterocycles. The quantitative estimate of drug-likeness (QED) is 0.500. The highest BCUT2D eigenvalue weighted by molar-refractivity contribution is 5.85. The van der Waals surface area contributed by atoms with Gasteiger partial charge in [-0.2, -0.15) is 0 Å². The summed E-state index contributed by atoms with van der Waals surface area (Å²) in [5, 5.41) is 9.77. The van der Waals surface area contributed by atoms with Gasteiger partial charge < -0.3 is 10.0 Å². The van der Waals surface area contributed by atoms with Crippen molar-refractivity contribution in [2.75, 3.05) is 20.6 Å². The Balaban J connectivity index is 0. The van der Waals surface area contributed by atoms with Crippen LogP contribution in [-0.2, 0) is 0 Å². The van der Waals surface area contributed by atoms with Gasteiger partial charge in [0.05, 0.1) is 6.10 Å². The van der Waals surface area contributed by atoms with E-state index in [4.69, 9.17) is 0 Å². The van der Waals surface area contributed by atoms with Crippen molar-refractivity contribution in [3.05, 3.63) is 0 Å². The third-order valence-electron chi connectivity index (χ3n) is 3.55. The Morgan fingerprint density at radius 2 is 1.26 bits per heavy atom. The fourth-order valence-electron chi connectivity index (χ4n) is 2.24. The number of hydrogen-bond donors (Lipinski definition) is 1. The van der Waals surface area contributed by atoms with Gasteiger partial charge in [-0.3, -0.25) is 0 Å². The molecule has 0 aromatic rings. The Labute approximate surface area is 127 Å². The minimum Gasteiger partial charge on any atom is -0.393 e. The molecular weight excluding hydrogens is 258 g/mol. The number of unbranched alkanes of at least 4 members (excludes halogenated alkanes) is 8. The number of aliphatic hydroxyl groups is 1. The summed E-state index contributed by atoms with van der Waals surface area (Å²) in [5.74, 6) is 0. The highest BCUT2D eigenvalue weighted by Gasteiger charge is 2.04. The van der Waals surface area contributed by atoms with E-state index >= 15 is 0 Å². The van der Waals surface area contributed by atoms with Crippen molar-refractivity contribution in [2.45, 2.75) is 83.7 Å². The second-order valence-electron chi connectivity index (χ2n) is 5.86. The summed E-state index contributed by atoms with van der Waals surface area (Å²) >= 11 is 0. The standard InChI is InChI=1S/C16H35NO.ClH/c1-4-5-6-7-8-9-10-11-12-13-16(18)14-15-17(2)3;/h16,18H,4-15H2,1-3H3;1H. The molecule has 118 valence electrons. The number of aliphatic hydroxyl groups excluding tert-OH is 1. The number of hydrogen-bond acceptors (Lipinski definition) is 2. The van der Waals surface area contributed by atoms with Crippen molar-refractivity contribution >= 4 is 12.4 Å². The van der Waals surface area contributed by atoms with Crippen LogP contribution in [0.1, 0.15) is 77.6 Å². The monoisotopic (exact) mass is 293 g/mol. The molecule has 2 nitrogen and oxygen atoms in total. The number of nitrogens with zero attached hydrogens (tertiary/aromatic N) is 1. The van der Waals surface area contributed by atoms with Crippen LogP contribution in [-0.4, -0.2) is 36.8 Å². The van der Waals surface area contributed by atoms with Crippen LogP contribution in [0.5, 0.6) is 0 Å². The predicted molar refractivity (Wildman–Crippen MR) is 88.3 cm³/mol. The zero-order chi connectivity index (χ0) is 13.6. The van der Waals surface area contributed by atoms with Gasteiger partial charge in [-0.1, -0.05) is 64.7 Å². The second kappa shape index (κ2) is 16.3. The largest absolute Gasteiger partial charge is 0.393 e. The molecule has 3 heteroatoms. The lowest BCUT2D eigenvalue weighted by Gasteiger charge is -2.14. The van der Waals surface area contributed by atoms with Gasteiger partial charge in [-0.05, 0) is 33.5 Å². The van der Waals surface area contributed by atoms with Crippen LogP contribution < -0.4 is 0 Å². The summed E-state index contributed by atoms with van der Waals surface area (Å²) in [4.78, 5) is 2.14. The average molecular weight is 294 g/mol. The molecule has 19 heavy (non-hydrogen) atoms. The number of rotatable bonds is 13. The molecule has 0 rings (SSSR count). The minimum absolute atomic E-state index is 0. The molecule has 0 amide bonds. The summed E-state index contributed by atoms with van der Waals surface area (Å²) in [5.41, 5.74) is 0. The first-order valence-electron chi connectivity index (χ1n) is 7.99. The maximum Gasteiger partial charge on any atom is 0.0552 e. The molecule has 1 N–H and O–H groups in total. The molecule has 1 atom stereocenters. The smallest absolute Gasteiger partial charge is 0.0552 e. The fourth-order valence-corrected chi connectivity index (χ4v) is 2.24. The third kappa shape index (κ3) is 18.2. The maximum atomic E-state index is 9.77. The van der Waals surface area contributed by atoms with E-state index in [0.29, 0.717) is 0 Å². The van der Waals surface area contributed by atoms with Crippen LogP contribution in [0.15, 0.2) is 0 Å². The van der Waals surface area contributed by atoms with Crippen molar-refractivity contribution in [3.63, 3.8) is 0 Å². The lowest BCUT2D eigenvalue weighted by Crippen LogP contribution is -2.19. The topological polar surface area (TPSA) is 23.5 Å². The minimum atomic E-state index is -0.0862. The van der Waals surface area contributed by atoms with Gasteiger partial charge >= 0.3 is 0 Å². The molecule has 0 aliphatic carbocycles. The molecule has 0 aromatic heterocycles. The van der Waals surface area contributed by atoms with Crippen LogP contribution in [0, 0.1) is 0 Å². The van der Waals surface area contributed by atoms with Crippen molar-refractivity contribution in [1.82, 2.24) is 4.90 Å². The number of halogens is 1. The van der Waals surface area contributed by atoms with E-state index in [1.54, 1.807) is 0 Å². The molecule has 0 fully saturated rings. The van der Waals surface area contributed by atoms with Gasteiger partial charge in [0.15, 0.2) is 0 Å². The Morgan fingerprint density at radius 1 is 0.789 bits per heavy atom. The summed E-state index contributed by atoms with van der Waals surface area (Å²) < 4.78 is 0. The molecular formula is C16H36ClNO. The zero-order valence-corrected chi connectivity index (χ0v) is 14.2. The van der Waals surface area contributed by atoms with E-state index in [0.717, 1.165) is 19.4 Å². The van der Waals surface area contributed by atoms with Crippen LogP contribution in [0.4, 0.5) is 0 Å². The normalized spacial score (nSPS) is 12.5. The van der Waals surface area contributed by atoms with Crippen LogP contribution in [0.3, 0.4) is 0 Å². The molecule has 0 bridgehead atoms. The first-order chi connectivity index (χ1) is 8.66. The van der Waals surface area contributed by atoms with E-state index < -0.39 is 0 Å². The van der Waals surface area contributed by atoms with Gasteiger partial charge in [0, 0.05) is 0 Å². The van der Waals surface area contributed by atoms with Crippen molar-refractivity contribution in [1.29, 1.82) is 0 Å². The van der Waals surface area contributed by atoms with E-state index in [-0.39, 0.29) is 18.5 Å². The molecule has 1 unspecified atom stereocenters. The summed E-state index contributed by atoms with van der Waals surface area (Å²) in [6.07, 6.45) is 14.0. The van der Waals surface area contributed by atoms with Gasteiger partial charge in [0.25, 0.3) is 0 Å². The molecule has 0 spiro atoms. The highest BCUT2D eigenvalue weighted by atomic mass is 35.5. The summed E-state index contributed by atoms with van der Waals surface area (Å²) in [7, 11) is 4.12. The molecule has 0 aliphatic rings. The predicted octanol–water partition coefficient (Wildman–Crippen LogP) is 4.64. The average Bonchev–Trinajstić information content (AvgIpc) is 2.34. The maximum absolute atomic E-state index is 9.77. The van der Waals surface area contributed by atoms with Gasteiger partial charge in [-0.25, -0.2) is 0 Å². The van der Waals surface area contributed by atoms with Crippen molar-refractivity contribution in [3.8, 4) is 0 Å². The molecule has 0 aromatic carbocycles. The lowest BCUT2D eigenvalue weighted by atomic mass is 10.0. The van der Waals surface area contributed by atoms with E-state index in [2.05, 4.69) is 25.9 Å². The summed E-state index contributed by atoms with van der Waals surface area (Å²) in [6.45, 7) is 3.26. The molecule has 0 saturated heterocycles. The second-order valence-corrected chi connectivity index (χ2v) is 5.86. The van der Waals surface area contributed by atoms with Crippen LogP contribution in [0.2, 0.25) is 0 Å². The van der Waals surface area contributed by atoms with Crippen LogP contribution in [0.25, 0.3) is 0 Å². The molecule has 0 heterocycles. The lowest BCUT2D eigenvalue weighted by molar-refractivity contribution is 0.139. The highest BCUT2D eigenvalue weighted by Crippen LogP contribution is 2.12. The van der Waals surface area contributed by atoms with Crippen molar-refractivity contribution < 1.29 is 5.11 Å². The van der Waals surface area contributed by atoms with E-state index in [1.807, 2.05) is 0 Å². The molecule has 0 saturated carbocycles. The fraction of sp³-hybridized carbons (Fsp3) is 1.00. The van der Waals surface area contributed by atoms with Gasteiger partial charge in [0.1, 0.15) is 0 Å². The van der Waals surface area contributed by atoms with Gasteiger partial charge in [-0.15, -0.1) is 12.4 Å². The first-order valence-corrected chi connectivity index (χ1v) is 7.99. The Morgan fingerprint density at radius 3 is 1.74 bits per heavy atom. The zero-order valence-electron chi connectivity index (χ0n) is 13.4. The Hall–Kier alpha value is 0.210.